The zero-order valence-corrected chi connectivity index (χ0v) is 12.6. The van der Waals surface area contributed by atoms with E-state index < -0.39 is 0 Å². The van der Waals surface area contributed by atoms with Crippen LogP contribution in [0.1, 0.15) is 43.5 Å². The molecule has 0 aliphatic carbocycles. The fourth-order valence-corrected chi connectivity index (χ4v) is 1.88. The van der Waals surface area contributed by atoms with Gasteiger partial charge < -0.3 is 10.2 Å². The molecule has 0 unspecified atom stereocenters. The molecule has 0 aliphatic rings. The molecule has 19 heavy (non-hydrogen) atoms. The number of nitrogens with one attached hydrogen (secondary N) is 1. The van der Waals surface area contributed by atoms with Crippen LogP contribution in [0.4, 0.5) is 5.82 Å². The van der Waals surface area contributed by atoms with E-state index in [1.807, 2.05) is 0 Å². The Morgan fingerprint density at radius 1 is 1.42 bits per heavy atom. The third-order valence-corrected chi connectivity index (χ3v) is 3.11. The zero-order valence-electron chi connectivity index (χ0n) is 11.9. The first-order chi connectivity index (χ1) is 9.10. The number of carbonyl (C=O) groups excluding carboxylic acids is 1. The maximum Gasteiger partial charge on any atom is 0.255 e. The van der Waals surface area contributed by atoms with Gasteiger partial charge in [0.2, 0.25) is 0 Å². The van der Waals surface area contributed by atoms with Crippen molar-refractivity contribution >= 4 is 23.3 Å². The first-order valence-electron chi connectivity index (χ1n) is 6.75. The molecule has 0 saturated heterocycles. The van der Waals surface area contributed by atoms with Gasteiger partial charge in [0.05, 0.1) is 10.6 Å². The summed E-state index contributed by atoms with van der Waals surface area (Å²) in [5.41, 5.74) is 0.533. The van der Waals surface area contributed by atoms with Crippen LogP contribution in [0.15, 0.2) is 12.3 Å². The van der Waals surface area contributed by atoms with Crippen molar-refractivity contribution in [1.82, 2.24) is 9.88 Å². The molecule has 5 heteroatoms. The molecule has 1 aromatic rings. The lowest BCUT2D eigenvalue weighted by Crippen LogP contribution is -2.27. The summed E-state index contributed by atoms with van der Waals surface area (Å²) in [5, 5.41) is 3.61. The number of unbranched alkanes of at least 4 members (excludes halogenated alkanes) is 1. The van der Waals surface area contributed by atoms with Gasteiger partial charge in [-0.3, -0.25) is 4.79 Å². The normalized spacial score (nSPS) is 10.3. The third kappa shape index (κ3) is 4.71. The Morgan fingerprint density at radius 3 is 2.74 bits per heavy atom. The summed E-state index contributed by atoms with van der Waals surface area (Å²) in [6.07, 6.45) is 4.64. The van der Waals surface area contributed by atoms with Gasteiger partial charge in [0.15, 0.2) is 0 Å². The van der Waals surface area contributed by atoms with E-state index in [-0.39, 0.29) is 5.91 Å². The SMILES string of the molecule is CCCCN(C)C(=O)c1cnc(NCCC)c(Cl)c1. The first-order valence-corrected chi connectivity index (χ1v) is 7.12. The number of amides is 1. The minimum Gasteiger partial charge on any atom is -0.369 e. The van der Waals surface area contributed by atoms with E-state index in [0.29, 0.717) is 16.4 Å². The average molecular weight is 284 g/mol. The van der Waals surface area contributed by atoms with Crippen LogP contribution < -0.4 is 5.32 Å². The molecule has 1 N–H and O–H groups in total. The van der Waals surface area contributed by atoms with E-state index in [1.165, 1.54) is 0 Å². The third-order valence-electron chi connectivity index (χ3n) is 2.82. The molecule has 0 saturated carbocycles. The summed E-state index contributed by atoms with van der Waals surface area (Å²) in [5.74, 6) is 0.598. The van der Waals surface area contributed by atoms with E-state index in [9.17, 15) is 4.79 Å². The minimum atomic E-state index is -0.0371. The molecule has 0 spiro atoms. The van der Waals surface area contributed by atoms with Crippen molar-refractivity contribution in [2.24, 2.45) is 0 Å². The lowest BCUT2D eigenvalue weighted by atomic mass is 10.2. The van der Waals surface area contributed by atoms with Crippen LogP contribution in [-0.2, 0) is 0 Å². The molecule has 0 aromatic carbocycles. The Bertz CT molecular complexity index is 423. The highest BCUT2D eigenvalue weighted by molar-refractivity contribution is 6.33. The molecular weight excluding hydrogens is 262 g/mol. The van der Waals surface area contributed by atoms with Gasteiger partial charge in [-0.05, 0) is 18.9 Å². The largest absolute Gasteiger partial charge is 0.369 e. The predicted molar refractivity (Wildman–Crippen MR) is 79.9 cm³/mol. The number of anilines is 1. The van der Waals surface area contributed by atoms with Gasteiger partial charge in [-0.2, -0.15) is 0 Å². The molecule has 0 radical (unpaired) electrons. The second kappa shape index (κ2) is 8.00. The molecule has 1 rings (SSSR count). The Morgan fingerprint density at radius 2 is 2.16 bits per heavy atom. The van der Waals surface area contributed by atoms with Crippen molar-refractivity contribution in [1.29, 1.82) is 0 Å². The van der Waals surface area contributed by atoms with Crippen LogP contribution >= 0.6 is 11.6 Å². The fourth-order valence-electron chi connectivity index (χ4n) is 1.65. The van der Waals surface area contributed by atoms with E-state index in [2.05, 4.69) is 24.1 Å². The standard InChI is InChI=1S/C14H22ClN3O/c1-4-6-8-18(3)14(19)11-9-12(15)13(17-10-11)16-7-5-2/h9-10H,4-8H2,1-3H3,(H,16,17). The Kier molecular flexibility index (Phi) is 6.64. The Balaban J connectivity index is 2.73. The second-order valence-corrected chi connectivity index (χ2v) is 4.97. The maximum absolute atomic E-state index is 12.1. The molecule has 0 aliphatic heterocycles. The Hall–Kier alpha value is -1.29. The summed E-state index contributed by atoms with van der Waals surface area (Å²) >= 11 is 6.12. The number of nitrogens with zero attached hydrogens (tertiary/aromatic N) is 2. The number of aromatic nitrogens is 1. The lowest BCUT2D eigenvalue weighted by Gasteiger charge is -2.17. The number of rotatable bonds is 7. The number of carbonyl (C=O) groups is 1. The molecule has 0 fully saturated rings. The van der Waals surface area contributed by atoms with E-state index >= 15 is 0 Å². The highest BCUT2D eigenvalue weighted by Gasteiger charge is 2.13. The van der Waals surface area contributed by atoms with E-state index in [4.69, 9.17) is 11.6 Å². The average Bonchev–Trinajstić information content (AvgIpc) is 2.42. The summed E-state index contributed by atoms with van der Waals surface area (Å²) in [6.45, 7) is 5.74. The molecule has 1 aromatic heterocycles. The van der Waals surface area contributed by atoms with Crippen molar-refractivity contribution in [3.63, 3.8) is 0 Å². The highest BCUT2D eigenvalue weighted by Crippen LogP contribution is 2.20. The quantitative estimate of drug-likeness (QED) is 0.834. The number of pyridine rings is 1. The van der Waals surface area contributed by atoms with Gasteiger partial charge in [-0.25, -0.2) is 4.98 Å². The number of halogens is 1. The molecule has 1 amide bonds. The second-order valence-electron chi connectivity index (χ2n) is 4.56. The number of hydrogen-bond acceptors (Lipinski definition) is 3. The lowest BCUT2D eigenvalue weighted by molar-refractivity contribution is 0.0793. The van der Waals surface area contributed by atoms with Gasteiger partial charge in [-0.15, -0.1) is 0 Å². The fraction of sp³-hybridized carbons (Fsp3) is 0.571. The molecule has 4 nitrogen and oxygen atoms in total. The predicted octanol–water partition coefficient (Wildman–Crippen LogP) is 3.43. The first kappa shape index (κ1) is 15.8. The highest BCUT2D eigenvalue weighted by atomic mass is 35.5. The van der Waals surface area contributed by atoms with Crippen molar-refractivity contribution in [2.45, 2.75) is 33.1 Å². The molecule has 0 bridgehead atoms. The maximum atomic E-state index is 12.1. The minimum absolute atomic E-state index is 0.0371. The summed E-state index contributed by atoms with van der Waals surface area (Å²) in [6, 6.07) is 1.68. The van der Waals surface area contributed by atoms with Crippen LogP contribution in [0.25, 0.3) is 0 Å². The van der Waals surface area contributed by atoms with Crippen LogP contribution in [0, 0.1) is 0 Å². The summed E-state index contributed by atoms with van der Waals surface area (Å²) in [4.78, 5) is 18.0. The van der Waals surface area contributed by atoms with Crippen LogP contribution in [0.3, 0.4) is 0 Å². The van der Waals surface area contributed by atoms with Crippen molar-refractivity contribution in [3.05, 3.63) is 22.8 Å². The topological polar surface area (TPSA) is 45.2 Å². The smallest absolute Gasteiger partial charge is 0.255 e. The van der Waals surface area contributed by atoms with Gasteiger partial charge in [0.1, 0.15) is 5.82 Å². The van der Waals surface area contributed by atoms with Crippen LogP contribution in [0.5, 0.6) is 0 Å². The van der Waals surface area contributed by atoms with Crippen molar-refractivity contribution in [2.75, 3.05) is 25.5 Å². The van der Waals surface area contributed by atoms with Crippen molar-refractivity contribution in [3.8, 4) is 0 Å². The van der Waals surface area contributed by atoms with Crippen molar-refractivity contribution < 1.29 is 4.79 Å². The van der Waals surface area contributed by atoms with Gasteiger partial charge in [0.25, 0.3) is 5.91 Å². The molecule has 1 heterocycles. The van der Waals surface area contributed by atoms with E-state index in [0.717, 1.165) is 32.4 Å². The summed E-state index contributed by atoms with van der Waals surface area (Å²) < 4.78 is 0. The van der Waals surface area contributed by atoms with Gasteiger partial charge in [-0.1, -0.05) is 31.9 Å². The number of hydrogen-bond donors (Lipinski definition) is 1. The zero-order chi connectivity index (χ0) is 14.3. The Labute approximate surface area is 120 Å². The summed E-state index contributed by atoms with van der Waals surface area (Å²) in [7, 11) is 1.80. The monoisotopic (exact) mass is 283 g/mol. The molecular formula is C14H22ClN3O. The van der Waals surface area contributed by atoms with Crippen LogP contribution in [-0.4, -0.2) is 35.9 Å². The van der Waals surface area contributed by atoms with E-state index in [1.54, 1.807) is 24.2 Å². The molecule has 106 valence electrons. The van der Waals surface area contributed by atoms with Gasteiger partial charge in [0, 0.05) is 26.3 Å². The molecule has 0 atom stereocenters. The van der Waals surface area contributed by atoms with Crippen LogP contribution in [0.2, 0.25) is 5.02 Å². The van der Waals surface area contributed by atoms with Gasteiger partial charge >= 0.3 is 0 Å².